The molecule has 0 radical (unpaired) electrons. The van der Waals surface area contributed by atoms with Gasteiger partial charge in [-0.2, -0.15) is 0 Å². The number of rotatable bonds is 2. The summed E-state index contributed by atoms with van der Waals surface area (Å²) in [6.45, 7) is 1.69. The average Bonchev–Trinajstić information content (AvgIpc) is 2.07. The number of benzene rings is 1. The number of hydrogen-bond acceptors (Lipinski definition) is 3. The van der Waals surface area contributed by atoms with Crippen LogP contribution in [-0.4, -0.2) is 22.6 Å². The van der Waals surface area contributed by atoms with Crippen molar-refractivity contribution in [1.82, 2.24) is 0 Å². The van der Waals surface area contributed by atoms with Crippen molar-refractivity contribution in [1.29, 1.82) is 0 Å². The van der Waals surface area contributed by atoms with Crippen molar-refractivity contribution in [3.8, 4) is 0 Å². The summed E-state index contributed by atoms with van der Waals surface area (Å²) >= 11 is 0. The number of oxime groups is 1. The Morgan fingerprint density at radius 1 is 1.50 bits per heavy atom. The second kappa shape index (κ2) is 3.88. The molecule has 0 saturated carbocycles. The Morgan fingerprint density at radius 3 is 2.75 bits per heavy atom. The fourth-order valence-corrected chi connectivity index (χ4v) is 1.01. The van der Waals surface area contributed by atoms with Crippen molar-refractivity contribution in [3.63, 3.8) is 0 Å². The number of hydrogen-bond donors (Lipinski definition) is 2. The van der Waals surface area contributed by atoms with Gasteiger partial charge in [0.05, 0.1) is 6.61 Å². The molecule has 0 aliphatic carbocycles. The molecule has 0 saturated heterocycles. The first-order chi connectivity index (χ1) is 5.77. The van der Waals surface area contributed by atoms with Crippen molar-refractivity contribution in [2.75, 3.05) is 6.61 Å². The van der Waals surface area contributed by atoms with Crippen LogP contribution in [0.4, 0.5) is 0 Å². The molecule has 0 amide bonds. The van der Waals surface area contributed by atoms with Gasteiger partial charge in [0.15, 0.2) is 0 Å². The van der Waals surface area contributed by atoms with E-state index in [-0.39, 0.29) is 6.61 Å². The second-order valence-corrected chi connectivity index (χ2v) is 2.57. The summed E-state index contributed by atoms with van der Waals surface area (Å²) in [5, 5.41) is 20.3. The van der Waals surface area contributed by atoms with E-state index in [1.165, 1.54) is 0 Å². The molecule has 0 aromatic heterocycles. The molecule has 1 aromatic rings. The zero-order valence-electron chi connectivity index (χ0n) is 6.86. The van der Waals surface area contributed by atoms with Gasteiger partial charge in [-0.1, -0.05) is 28.9 Å². The van der Waals surface area contributed by atoms with Crippen molar-refractivity contribution in [2.24, 2.45) is 5.16 Å². The van der Waals surface area contributed by atoms with E-state index in [9.17, 15) is 0 Å². The highest BCUT2D eigenvalue weighted by atomic mass is 16.4. The molecule has 0 bridgehead atoms. The zero-order valence-corrected chi connectivity index (χ0v) is 6.86. The topological polar surface area (TPSA) is 52.8 Å². The molecule has 1 aromatic carbocycles. The first-order valence-electron chi connectivity index (χ1n) is 3.66. The molecular formula is C9H11NO2. The third-order valence-electron chi connectivity index (χ3n) is 1.62. The maximum absolute atomic E-state index is 8.78. The van der Waals surface area contributed by atoms with E-state index < -0.39 is 0 Å². The van der Waals surface area contributed by atoms with E-state index in [4.69, 9.17) is 10.3 Å². The number of aliphatic hydroxyl groups is 1. The Morgan fingerprint density at radius 2 is 2.25 bits per heavy atom. The SMILES string of the molecule is Cc1cccc(C(CO)=NO)c1. The zero-order chi connectivity index (χ0) is 8.97. The van der Waals surface area contributed by atoms with E-state index >= 15 is 0 Å². The lowest BCUT2D eigenvalue weighted by molar-refractivity contribution is 0.304. The highest BCUT2D eigenvalue weighted by Gasteiger charge is 2.01. The molecule has 0 spiro atoms. The van der Waals surface area contributed by atoms with Gasteiger partial charge in [-0.3, -0.25) is 0 Å². The summed E-state index contributed by atoms with van der Waals surface area (Å²) in [4.78, 5) is 0. The molecule has 0 unspecified atom stereocenters. The van der Waals surface area contributed by atoms with E-state index in [1.54, 1.807) is 6.07 Å². The fraction of sp³-hybridized carbons (Fsp3) is 0.222. The van der Waals surface area contributed by atoms with Gasteiger partial charge in [-0.25, -0.2) is 0 Å². The molecule has 64 valence electrons. The minimum Gasteiger partial charge on any atom is -0.411 e. The lowest BCUT2D eigenvalue weighted by atomic mass is 10.1. The predicted octanol–water partition coefficient (Wildman–Crippen LogP) is 1.17. The van der Waals surface area contributed by atoms with Crippen LogP contribution in [0.15, 0.2) is 29.4 Å². The van der Waals surface area contributed by atoms with Crippen LogP contribution in [-0.2, 0) is 0 Å². The van der Waals surface area contributed by atoms with Crippen LogP contribution in [0.2, 0.25) is 0 Å². The highest BCUT2D eigenvalue weighted by molar-refractivity contribution is 6.01. The summed E-state index contributed by atoms with van der Waals surface area (Å²) in [6, 6.07) is 7.44. The number of nitrogens with zero attached hydrogens (tertiary/aromatic N) is 1. The van der Waals surface area contributed by atoms with Crippen LogP contribution in [0, 0.1) is 6.92 Å². The fourth-order valence-electron chi connectivity index (χ4n) is 1.01. The predicted molar refractivity (Wildman–Crippen MR) is 46.6 cm³/mol. The number of aliphatic hydroxyl groups excluding tert-OH is 1. The van der Waals surface area contributed by atoms with Crippen molar-refractivity contribution in [2.45, 2.75) is 6.92 Å². The molecule has 12 heavy (non-hydrogen) atoms. The van der Waals surface area contributed by atoms with Crippen molar-refractivity contribution in [3.05, 3.63) is 35.4 Å². The van der Waals surface area contributed by atoms with E-state index in [0.29, 0.717) is 5.71 Å². The lowest BCUT2D eigenvalue weighted by Crippen LogP contribution is -2.06. The third kappa shape index (κ3) is 1.83. The van der Waals surface area contributed by atoms with E-state index in [1.807, 2.05) is 25.1 Å². The molecule has 0 fully saturated rings. The van der Waals surface area contributed by atoms with Gasteiger partial charge in [0.25, 0.3) is 0 Å². The van der Waals surface area contributed by atoms with Crippen LogP contribution in [0.25, 0.3) is 0 Å². The Kier molecular flexibility index (Phi) is 2.82. The Balaban J connectivity index is 3.02. The molecule has 3 nitrogen and oxygen atoms in total. The summed E-state index contributed by atoms with van der Waals surface area (Å²) in [7, 11) is 0. The monoisotopic (exact) mass is 165 g/mol. The normalized spacial score (nSPS) is 11.7. The van der Waals surface area contributed by atoms with Crippen LogP contribution in [0.1, 0.15) is 11.1 Å². The molecule has 0 atom stereocenters. The van der Waals surface area contributed by atoms with Crippen LogP contribution in [0.5, 0.6) is 0 Å². The van der Waals surface area contributed by atoms with Gasteiger partial charge in [-0.05, 0) is 13.0 Å². The Hall–Kier alpha value is -1.35. The van der Waals surface area contributed by atoms with Gasteiger partial charge in [-0.15, -0.1) is 0 Å². The number of aryl methyl sites for hydroxylation is 1. The Labute approximate surface area is 71.0 Å². The largest absolute Gasteiger partial charge is 0.411 e. The highest BCUT2D eigenvalue weighted by Crippen LogP contribution is 2.04. The first-order valence-corrected chi connectivity index (χ1v) is 3.66. The second-order valence-electron chi connectivity index (χ2n) is 2.57. The minimum atomic E-state index is -0.250. The third-order valence-corrected chi connectivity index (χ3v) is 1.62. The van der Waals surface area contributed by atoms with E-state index in [2.05, 4.69) is 5.16 Å². The lowest BCUT2D eigenvalue weighted by Gasteiger charge is -2.00. The quantitative estimate of drug-likeness (QED) is 0.392. The first kappa shape index (κ1) is 8.74. The minimum absolute atomic E-state index is 0.250. The summed E-state index contributed by atoms with van der Waals surface area (Å²) < 4.78 is 0. The maximum atomic E-state index is 8.78. The molecule has 0 aliphatic rings. The van der Waals surface area contributed by atoms with E-state index in [0.717, 1.165) is 11.1 Å². The van der Waals surface area contributed by atoms with Gasteiger partial charge in [0, 0.05) is 5.56 Å². The van der Waals surface area contributed by atoms with Crippen molar-refractivity contribution < 1.29 is 10.3 Å². The smallest absolute Gasteiger partial charge is 0.112 e. The standard InChI is InChI=1S/C9H11NO2/c1-7-3-2-4-8(5-7)9(6-11)10-12/h2-5,11-12H,6H2,1H3. The summed E-state index contributed by atoms with van der Waals surface area (Å²) in [5.41, 5.74) is 2.11. The summed E-state index contributed by atoms with van der Waals surface area (Å²) in [5.74, 6) is 0. The molecule has 3 heteroatoms. The molecule has 1 rings (SSSR count). The molecular weight excluding hydrogens is 154 g/mol. The molecule has 0 aliphatic heterocycles. The van der Waals surface area contributed by atoms with Crippen LogP contribution in [0.3, 0.4) is 0 Å². The maximum Gasteiger partial charge on any atom is 0.112 e. The summed E-state index contributed by atoms with van der Waals surface area (Å²) in [6.07, 6.45) is 0. The van der Waals surface area contributed by atoms with Gasteiger partial charge < -0.3 is 10.3 Å². The van der Waals surface area contributed by atoms with Crippen molar-refractivity contribution >= 4 is 5.71 Å². The van der Waals surface area contributed by atoms with Gasteiger partial charge in [0.2, 0.25) is 0 Å². The molecule has 0 heterocycles. The van der Waals surface area contributed by atoms with Crippen LogP contribution >= 0.6 is 0 Å². The average molecular weight is 165 g/mol. The van der Waals surface area contributed by atoms with Crippen LogP contribution < -0.4 is 0 Å². The Bertz CT molecular complexity index is 294. The van der Waals surface area contributed by atoms with Gasteiger partial charge >= 0.3 is 0 Å². The van der Waals surface area contributed by atoms with Gasteiger partial charge in [0.1, 0.15) is 5.71 Å². The molecule has 2 N–H and O–H groups in total.